The van der Waals surface area contributed by atoms with Crippen LogP contribution in [0.15, 0.2) is 78.1 Å². The third kappa shape index (κ3) is 5.69. The summed E-state index contributed by atoms with van der Waals surface area (Å²) < 4.78 is 6.98. The Bertz CT molecular complexity index is 1260. The molecule has 9 heteroatoms. The summed E-state index contributed by atoms with van der Waals surface area (Å²) in [4.78, 5) is 25.3. The number of carbonyl (C=O) groups excluding carboxylic acids is 2. The van der Waals surface area contributed by atoms with Gasteiger partial charge < -0.3 is 15.4 Å². The Kier molecular flexibility index (Phi) is 7.21. The van der Waals surface area contributed by atoms with Crippen molar-refractivity contribution in [3.8, 4) is 5.75 Å². The van der Waals surface area contributed by atoms with E-state index in [0.717, 1.165) is 17.0 Å². The maximum atomic E-state index is 12.7. The Labute approximate surface area is 195 Å². The number of methoxy groups -OCH3 is 1. The number of benzene rings is 2. The van der Waals surface area contributed by atoms with Crippen LogP contribution in [0.25, 0.3) is 5.65 Å². The number of pyridine rings is 1. The van der Waals surface area contributed by atoms with E-state index in [1.807, 2.05) is 53.1 Å². The van der Waals surface area contributed by atoms with Crippen LogP contribution in [-0.2, 0) is 11.2 Å². The van der Waals surface area contributed by atoms with Crippen molar-refractivity contribution >= 4 is 34.9 Å². The van der Waals surface area contributed by atoms with Gasteiger partial charge in [0.2, 0.25) is 5.91 Å². The lowest BCUT2D eigenvalue weighted by molar-refractivity contribution is -0.113. The van der Waals surface area contributed by atoms with Crippen molar-refractivity contribution in [3.63, 3.8) is 0 Å². The standard InChI is InChI=1S/C24H23N5O3S/c1-32-18-11-9-17(10-12-18)13-14-25-23(31)19-6-2-3-7-20(19)26-22(30)16-33-24-28-27-21-8-4-5-15-29(21)24/h2-12,15H,13-14,16H2,1H3,(H,25,31)(H,26,30). The van der Waals surface area contributed by atoms with Gasteiger partial charge >= 0.3 is 0 Å². The van der Waals surface area contributed by atoms with Crippen molar-refractivity contribution in [1.82, 2.24) is 19.9 Å². The van der Waals surface area contributed by atoms with E-state index in [9.17, 15) is 9.59 Å². The minimum absolute atomic E-state index is 0.142. The predicted octanol–water partition coefficient (Wildman–Crippen LogP) is 3.44. The second-order valence-electron chi connectivity index (χ2n) is 7.15. The summed E-state index contributed by atoms with van der Waals surface area (Å²) in [5.74, 6) is 0.466. The summed E-state index contributed by atoms with van der Waals surface area (Å²) in [6.07, 6.45) is 2.54. The highest BCUT2D eigenvalue weighted by Gasteiger charge is 2.14. The van der Waals surface area contributed by atoms with E-state index in [1.165, 1.54) is 11.8 Å². The number of rotatable bonds is 9. The van der Waals surface area contributed by atoms with Gasteiger partial charge in [-0.15, -0.1) is 10.2 Å². The van der Waals surface area contributed by atoms with Crippen LogP contribution in [-0.4, -0.2) is 45.8 Å². The van der Waals surface area contributed by atoms with Crippen molar-refractivity contribution < 1.29 is 14.3 Å². The van der Waals surface area contributed by atoms with Crippen molar-refractivity contribution in [2.45, 2.75) is 11.6 Å². The van der Waals surface area contributed by atoms with Crippen LogP contribution in [0.5, 0.6) is 5.75 Å². The number of hydrogen-bond acceptors (Lipinski definition) is 6. The van der Waals surface area contributed by atoms with Crippen LogP contribution in [0.1, 0.15) is 15.9 Å². The second kappa shape index (κ2) is 10.6. The maximum Gasteiger partial charge on any atom is 0.253 e. The van der Waals surface area contributed by atoms with Gasteiger partial charge in [0, 0.05) is 12.7 Å². The Morgan fingerprint density at radius 1 is 1.00 bits per heavy atom. The first-order valence-electron chi connectivity index (χ1n) is 10.4. The number of hydrogen-bond donors (Lipinski definition) is 2. The number of amides is 2. The summed E-state index contributed by atoms with van der Waals surface area (Å²) in [5, 5.41) is 14.6. The molecular formula is C24H23N5O3S. The van der Waals surface area contributed by atoms with Crippen molar-refractivity contribution in [3.05, 3.63) is 84.1 Å². The summed E-state index contributed by atoms with van der Waals surface area (Å²) in [7, 11) is 1.63. The lowest BCUT2D eigenvalue weighted by Gasteiger charge is -2.11. The van der Waals surface area contributed by atoms with Crippen molar-refractivity contribution in [2.24, 2.45) is 0 Å². The zero-order valence-electron chi connectivity index (χ0n) is 18.0. The normalized spacial score (nSPS) is 10.7. The van der Waals surface area contributed by atoms with E-state index in [2.05, 4.69) is 20.8 Å². The fourth-order valence-electron chi connectivity index (χ4n) is 3.23. The van der Waals surface area contributed by atoms with E-state index >= 15 is 0 Å². The summed E-state index contributed by atoms with van der Waals surface area (Å²) in [5.41, 5.74) is 2.70. The molecule has 0 bridgehead atoms. The lowest BCUT2D eigenvalue weighted by atomic mass is 10.1. The van der Waals surface area contributed by atoms with Crippen LogP contribution in [0.2, 0.25) is 0 Å². The Morgan fingerprint density at radius 2 is 1.79 bits per heavy atom. The molecule has 0 aliphatic heterocycles. The molecule has 2 N–H and O–H groups in total. The van der Waals surface area contributed by atoms with Gasteiger partial charge in [0.1, 0.15) is 5.75 Å². The smallest absolute Gasteiger partial charge is 0.253 e. The van der Waals surface area contributed by atoms with Gasteiger partial charge in [-0.25, -0.2) is 0 Å². The van der Waals surface area contributed by atoms with Crippen LogP contribution < -0.4 is 15.4 Å². The molecule has 4 aromatic rings. The molecule has 0 atom stereocenters. The number of para-hydroxylation sites is 1. The molecular weight excluding hydrogens is 438 g/mol. The molecule has 2 aromatic heterocycles. The fourth-order valence-corrected chi connectivity index (χ4v) is 3.96. The van der Waals surface area contributed by atoms with Gasteiger partial charge in [0.25, 0.3) is 5.91 Å². The fraction of sp³-hybridized carbons (Fsp3) is 0.167. The molecule has 0 saturated carbocycles. The van der Waals surface area contributed by atoms with Crippen molar-refractivity contribution in [2.75, 3.05) is 24.7 Å². The van der Waals surface area contributed by atoms with Gasteiger partial charge in [-0.05, 0) is 48.4 Å². The Hall–Kier alpha value is -3.85. The molecule has 168 valence electrons. The molecule has 4 rings (SSSR count). The highest BCUT2D eigenvalue weighted by molar-refractivity contribution is 7.99. The minimum atomic E-state index is -0.240. The number of aromatic nitrogens is 3. The number of fused-ring (bicyclic) bond motifs is 1. The first kappa shape index (κ1) is 22.3. The molecule has 2 amide bonds. The van der Waals surface area contributed by atoms with Gasteiger partial charge in [-0.2, -0.15) is 0 Å². The highest BCUT2D eigenvalue weighted by Crippen LogP contribution is 2.19. The average molecular weight is 462 g/mol. The predicted molar refractivity (Wildman–Crippen MR) is 128 cm³/mol. The quantitative estimate of drug-likeness (QED) is 0.371. The highest BCUT2D eigenvalue weighted by atomic mass is 32.2. The molecule has 8 nitrogen and oxygen atoms in total. The van der Waals surface area contributed by atoms with Gasteiger partial charge in [-0.1, -0.05) is 42.1 Å². The molecule has 2 heterocycles. The minimum Gasteiger partial charge on any atom is -0.497 e. The number of thioether (sulfide) groups is 1. The largest absolute Gasteiger partial charge is 0.497 e. The number of ether oxygens (including phenoxy) is 1. The van der Waals surface area contributed by atoms with E-state index in [4.69, 9.17) is 4.74 Å². The first-order chi connectivity index (χ1) is 16.1. The number of nitrogens with zero attached hydrogens (tertiary/aromatic N) is 3. The molecule has 2 aromatic carbocycles. The summed E-state index contributed by atoms with van der Waals surface area (Å²) in [6, 6.07) is 20.3. The van der Waals surface area contributed by atoms with E-state index < -0.39 is 0 Å². The van der Waals surface area contributed by atoms with Gasteiger partial charge in [-0.3, -0.25) is 14.0 Å². The molecule has 33 heavy (non-hydrogen) atoms. The van der Waals surface area contributed by atoms with Crippen LogP contribution in [0.3, 0.4) is 0 Å². The molecule has 0 aliphatic rings. The maximum absolute atomic E-state index is 12.7. The number of nitrogens with one attached hydrogen (secondary N) is 2. The van der Waals surface area contributed by atoms with Gasteiger partial charge in [0.05, 0.1) is 24.1 Å². The van der Waals surface area contributed by atoms with Gasteiger partial charge in [0.15, 0.2) is 10.8 Å². The first-order valence-corrected chi connectivity index (χ1v) is 11.3. The molecule has 0 radical (unpaired) electrons. The monoisotopic (exact) mass is 461 g/mol. The number of anilines is 1. The summed E-state index contributed by atoms with van der Waals surface area (Å²) in [6.45, 7) is 0.475. The SMILES string of the molecule is COc1ccc(CCNC(=O)c2ccccc2NC(=O)CSc2nnc3ccccn23)cc1. The van der Waals surface area contributed by atoms with Crippen LogP contribution in [0, 0.1) is 0 Å². The zero-order chi connectivity index (χ0) is 23.0. The second-order valence-corrected chi connectivity index (χ2v) is 8.09. The lowest BCUT2D eigenvalue weighted by Crippen LogP contribution is -2.27. The van der Waals surface area contributed by atoms with E-state index in [-0.39, 0.29) is 17.6 Å². The Morgan fingerprint density at radius 3 is 2.61 bits per heavy atom. The van der Waals surface area contributed by atoms with E-state index in [1.54, 1.807) is 31.4 Å². The third-order valence-electron chi connectivity index (χ3n) is 4.92. The van der Waals surface area contributed by atoms with Crippen LogP contribution in [0.4, 0.5) is 5.69 Å². The molecule has 0 spiro atoms. The topological polar surface area (TPSA) is 97.6 Å². The van der Waals surface area contributed by atoms with Crippen LogP contribution >= 0.6 is 11.8 Å². The molecule has 0 unspecified atom stereocenters. The molecule has 0 saturated heterocycles. The molecule has 0 aliphatic carbocycles. The van der Waals surface area contributed by atoms with E-state index in [0.29, 0.717) is 29.4 Å². The number of carbonyl (C=O) groups is 2. The van der Waals surface area contributed by atoms with Crippen molar-refractivity contribution in [1.29, 1.82) is 0 Å². The Balaban J connectivity index is 1.32. The summed E-state index contributed by atoms with van der Waals surface area (Å²) >= 11 is 1.28. The molecule has 0 fully saturated rings. The average Bonchev–Trinajstić information content (AvgIpc) is 3.26. The third-order valence-corrected chi connectivity index (χ3v) is 5.86. The zero-order valence-corrected chi connectivity index (χ0v) is 18.8.